The SMILES string of the molecule is CCCCCCCCCCCCCCCCCC[Si](Cl)(Cl)Cl.CCCCCCCCCCCCCCCCCC[Si](Cl)(Cl)Cl. The minimum atomic E-state index is -2.35. The molecule has 0 saturated heterocycles. The molecule has 268 valence electrons. The van der Waals surface area contributed by atoms with Crippen molar-refractivity contribution in [2.24, 2.45) is 0 Å². The molecular formula is C36H74Cl6Si2. The zero-order valence-electron chi connectivity index (χ0n) is 29.3. The second-order valence-electron chi connectivity index (χ2n) is 13.3. The predicted molar refractivity (Wildman–Crippen MR) is 215 cm³/mol. The Morgan fingerprint density at radius 3 is 0.500 bits per heavy atom. The van der Waals surface area contributed by atoms with Crippen molar-refractivity contribution in [2.45, 2.75) is 231 Å². The maximum absolute atomic E-state index is 5.87. The minimum absolute atomic E-state index is 0.829. The third-order valence-corrected chi connectivity index (χ3v) is 13.9. The van der Waals surface area contributed by atoms with E-state index in [-0.39, 0.29) is 0 Å². The monoisotopic (exact) mass is 772 g/mol. The van der Waals surface area contributed by atoms with E-state index in [1.807, 2.05) is 0 Å². The molecular weight excluding hydrogens is 701 g/mol. The molecule has 0 aliphatic rings. The van der Waals surface area contributed by atoms with Crippen LogP contribution in [0.3, 0.4) is 0 Å². The van der Waals surface area contributed by atoms with E-state index in [0.29, 0.717) is 0 Å². The van der Waals surface area contributed by atoms with Crippen molar-refractivity contribution in [2.75, 3.05) is 0 Å². The van der Waals surface area contributed by atoms with Gasteiger partial charge >= 0.3 is 12.0 Å². The highest BCUT2D eigenvalue weighted by atomic mass is 35.8. The smallest absolute Gasteiger partial charge is 0.126 e. The summed E-state index contributed by atoms with van der Waals surface area (Å²) in [6.07, 6.45) is 44.3. The largest absolute Gasteiger partial charge is 0.341 e. The highest BCUT2D eigenvalue weighted by molar-refractivity contribution is 7.65. The summed E-state index contributed by atoms with van der Waals surface area (Å²) in [6.45, 7) is 4.57. The fourth-order valence-corrected chi connectivity index (χ4v) is 9.45. The second-order valence-corrected chi connectivity index (χ2v) is 31.9. The van der Waals surface area contributed by atoms with Crippen molar-refractivity contribution in [1.29, 1.82) is 0 Å². The van der Waals surface area contributed by atoms with Crippen molar-refractivity contribution in [1.82, 2.24) is 0 Å². The standard InChI is InChI=1S/2C18H37Cl3Si/c2*1-2-3-4-5-6-7-8-9-10-11-12-13-14-15-16-17-18-22(19,20)21/h2*2-18H2,1H3. The van der Waals surface area contributed by atoms with Crippen LogP contribution >= 0.6 is 66.5 Å². The van der Waals surface area contributed by atoms with Crippen LogP contribution in [0.1, 0.15) is 219 Å². The van der Waals surface area contributed by atoms with Crippen molar-refractivity contribution in [3.8, 4) is 0 Å². The number of halogens is 6. The number of hydrogen-bond donors (Lipinski definition) is 0. The van der Waals surface area contributed by atoms with Gasteiger partial charge < -0.3 is 0 Å². The molecule has 0 spiro atoms. The van der Waals surface area contributed by atoms with Gasteiger partial charge in [0.25, 0.3) is 0 Å². The Labute approximate surface area is 307 Å². The summed E-state index contributed by atoms with van der Waals surface area (Å²) >= 11 is 35.2. The first kappa shape index (κ1) is 48.3. The average molecular weight is 776 g/mol. The molecule has 44 heavy (non-hydrogen) atoms. The van der Waals surface area contributed by atoms with Crippen LogP contribution in [-0.4, -0.2) is 12.0 Å². The molecule has 0 N–H and O–H groups in total. The van der Waals surface area contributed by atoms with E-state index >= 15 is 0 Å². The van der Waals surface area contributed by atoms with Gasteiger partial charge in [0, 0.05) is 0 Å². The lowest BCUT2D eigenvalue weighted by Gasteiger charge is -2.07. The van der Waals surface area contributed by atoms with E-state index in [4.69, 9.17) is 66.5 Å². The van der Waals surface area contributed by atoms with Gasteiger partial charge in [0.2, 0.25) is 0 Å². The first-order valence-electron chi connectivity index (χ1n) is 19.3. The zero-order valence-corrected chi connectivity index (χ0v) is 35.8. The molecule has 0 amide bonds. The molecule has 0 aliphatic carbocycles. The number of unbranched alkanes of at least 4 members (excludes halogenated alkanes) is 30. The van der Waals surface area contributed by atoms with Crippen molar-refractivity contribution in [3.63, 3.8) is 0 Å². The van der Waals surface area contributed by atoms with Gasteiger partial charge in [-0.25, -0.2) is 0 Å². The maximum atomic E-state index is 5.87. The minimum Gasteiger partial charge on any atom is -0.126 e. The van der Waals surface area contributed by atoms with Crippen molar-refractivity contribution >= 4 is 78.5 Å². The lowest BCUT2D eigenvalue weighted by atomic mass is 10.0. The molecule has 0 heterocycles. The molecule has 0 aromatic rings. The first-order valence-corrected chi connectivity index (χ1v) is 29.7. The van der Waals surface area contributed by atoms with E-state index in [1.54, 1.807) is 0 Å². The number of hydrogen-bond acceptors (Lipinski definition) is 0. The Morgan fingerprint density at radius 2 is 0.364 bits per heavy atom. The Bertz CT molecular complexity index is 480. The van der Waals surface area contributed by atoms with Gasteiger partial charge in [-0.2, -0.15) is 0 Å². The molecule has 0 saturated carbocycles. The summed E-state index contributed by atoms with van der Waals surface area (Å²) < 4.78 is 0. The first-order chi connectivity index (χ1) is 21.1. The highest BCUT2D eigenvalue weighted by Crippen LogP contribution is 2.28. The quantitative estimate of drug-likeness (QED) is 0.0347. The van der Waals surface area contributed by atoms with Crippen LogP contribution in [0.15, 0.2) is 0 Å². The normalized spacial score (nSPS) is 12.0. The summed E-state index contributed by atoms with van der Waals surface area (Å²) in [5.74, 6) is 0. The van der Waals surface area contributed by atoms with Crippen LogP contribution in [0.4, 0.5) is 0 Å². The number of rotatable bonds is 34. The molecule has 0 unspecified atom stereocenters. The molecule has 0 bridgehead atoms. The fraction of sp³-hybridized carbons (Fsp3) is 1.00. The summed E-state index contributed by atoms with van der Waals surface area (Å²) in [6, 6.07) is -3.04. The molecule has 0 atom stereocenters. The Hall–Kier alpha value is 2.17. The fourth-order valence-electron chi connectivity index (χ4n) is 5.75. The van der Waals surface area contributed by atoms with Crippen LogP contribution in [-0.2, 0) is 0 Å². The summed E-state index contributed by atoms with van der Waals surface area (Å²) in [5.41, 5.74) is 0. The van der Waals surface area contributed by atoms with Gasteiger partial charge in [-0.3, -0.25) is 0 Å². The lowest BCUT2D eigenvalue weighted by Crippen LogP contribution is -2.07. The van der Waals surface area contributed by atoms with Crippen LogP contribution in [0.25, 0.3) is 0 Å². The summed E-state index contributed by atoms with van der Waals surface area (Å²) in [7, 11) is 0. The van der Waals surface area contributed by atoms with Gasteiger partial charge in [-0.05, 0) is 12.1 Å². The van der Waals surface area contributed by atoms with E-state index in [1.165, 1.54) is 193 Å². The Kier molecular flexibility index (Phi) is 41.7. The molecule has 8 heteroatoms. The molecule has 0 fully saturated rings. The molecule has 0 rings (SSSR count). The van der Waals surface area contributed by atoms with E-state index in [0.717, 1.165) is 24.9 Å². The maximum Gasteiger partial charge on any atom is 0.341 e. The van der Waals surface area contributed by atoms with Crippen LogP contribution in [0.2, 0.25) is 12.1 Å². The van der Waals surface area contributed by atoms with Gasteiger partial charge in [-0.15, -0.1) is 66.5 Å². The van der Waals surface area contributed by atoms with Gasteiger partial charge in [0.15, 0.2) is 0 Å². The molecule has 0 aliphatic heterocycles. The van der Waals surface area contributed by atoms with Crippen molar-refractivity contribution < 1.29 is 0 Å². The van der Waals surface area contributed by atoms with E-state index in [9.17, 15) is 0 Å². The molecule has 0 radical (unpaired) electrons. The third-order valence-electron chi connectivity index (χ3n) is 8.63. The Balaban J connectivity index is 0. The third kappa shape index (κ3) is 51.0. The van der Waals surface area contributed by atoms with Gasteiger partial charge in [0.05, 0.1) is 0 Å². The van der Waals surface area contributed by atoms with Gasteiger partial charge in [-0.1, -0.05) is 219 Å². The lowest BCUT2D eigenvalue weighted by molar-refractivity contribution is 0.531. The van der Waals surface area contributed by atoms with Crippen LogP contribution in [0, 0.1) is 0 Å². The predicted octanol–water partition coefficient (Wildman–Crippen LogP) is 17.8. The summed E-state index contributed by atoms with van der Waals surface area (Å²) in [5, 5.41) is 0. The molecule has 0 nitrogen and oxygen atoms in total. The van der Waals surface area contributed by atoms with Crippen LogP contribution in [0.5, 0.6) is 0 Å². The zero-order chi connectivity index (χ0) is 33.0. The van der Waals surface area contributed by atoms with E-state index < -0.39 is 12.0 Å². The highest BCUT2D eigenvalue weighted by Gasteiger charge is 2.24. The Morgan fingerprint density at radius 1 is 0.227 bits per heavy atom. The van der Waals surface area contributed by atoms with Crippen LogP contribution < -0.4 is 0 Å². The topological polar surface area (TPSA) is 0 Å². The molecule has 0 aromatic heterocycles. The van der Waals surface area contributed by atoms with Gasteiger partial charge in [0.1, 0.15) is 0 Å². The second kappa shape index (κ2) is 38.0. The summed E-state index contributed by atoms with van der Waals surface area (Å²) in [4.78, 5) is 0. The van der Waals surface area contributed by atoms with Crippen molar-refractivity contribution in [3.05, 3.63) is 0 Å². The van der Waals surface area contributed by atoms with E-state index in [2.05, 4.69) is 13.8 Å². The molecule has 0 aromatic carbocycles. The average Bonchev–Trinajstić information content (AvgIpc) is 2.96.